The van der Waals surface area contributed by atoms with Gasteiger partial charge in [-0.2, -0.15) is 4.98 Å². The molecule has 1 saturated heterocycles. The van der Waals surface area contributed by atoms with Crippen LogP contribution in [0.25, 0.3) is 0 Å². The molecule has 1 aromatic heterocycles. The molecule has 2 aromatic rings. The van der Waals surface area contributed by atoms with E-state index in [0.717, 1.165) is 26.2 Å². The van der Waals surface area contributed by atoms with Crippen molar-refractivity contribution in [1.29, 1.82) is 0 Å². The van der Waals surface area contributed by atoms with Crippen molar-refractivity contribution in [3.05, 3.63) is 40.5 Å². The van der Waals surface area contributed by atoms with Crippen molar-refractivity contribution < 1.29 is 9.26 Å². The first-order valence-electron chi connectivity index (χ1n) is 7.62. The summed E-state index contributed by atoms with van der Waals surface area (Å²) in [5.74, 6) is 2.06. The van der Waals surface area contributed by atoms with Crippen LogP contribution in [0.2, 0.25) is 5.02 Å². The second kappa shape index (κ2) is 6.86. The van der Waals surface area contributed by atoms with Crippen molar-refractivity contribution >= 4 is 11.6 Å². The Morgan fingerprint density at radius 2 is 2.22 bits per heavy atom. The molecule has 0 spiro atoms. The van der Waals surface area contributed by atoms with Crippen molar-refractivity contribution in [3.8, 4) is 5.75 Å². The van der Waals surface area contributed by atoms with Gasteiger partial charge < -0.3 is 9.26 Å². The molecule has 2 heterocycles. The second-order valence-electron chi connectivity index (χ2n) is 5.88. The summed E-state index contributed by atoms with van der Waals surface area (Å²) in [6.45, 7) is 5.47. The number of methoxy groups -OCH3 is 1. The number of hydrogen-bond donors (Lipinski definition) is 0. The summed E-state index contributed by atoms with van der Waals surface area (Å²) in [6.07, 6.45) is 0. The highest BCUT2D eigenvalue weighted by molar-refractivity contribution is 6.32. The number of ether oxygens (including phenoxy) is 1. The number of nitrogens with zero attached hydrogens (tertiary/aromatic N) is 4. The zero-order valence-corrected chi connectivity index (χ0v) is 14.4. The van der Waals surface area contributed by atoms with E-state index in [9.17, 15) is 0 Å². The molecule has 0 N–H and O–H groups in total. The maximum Gasteiger partial charge on any atom is 0.245 e. The lowest BCUT2D eigenvalue weighted by molar-refractivity contribution is 0.0714. The molecule has 0 aliphatic carbocycles. The minimum absolute atomic E-state index is 0.124. The number of rotatable bonds is 4. The summed E-state index contributed by atoms with van der Waals surface area (Å²) in [5, 5.41) is 4.55. The van der Waals surface area contributed by atoms with Crippen molar-refractivity contribution in [3.63, 3.8) is 0 Å². The average Bonchev–Trinajstić information content (AvgIpc) is 2.96. The van der Waals surface area contributed by atoms with Crippen LogP contribution < -0.4 is 4.74 Å². The van der Waals surface area contributed by atoms with E-state index in [1.807, 2.05) is 19.1 Å². The number of piperazine rings is 1. The predicted molar refractivity (Wildman–Crippen MR) is 87.7 cm³/mol. The third-order valence-corrected chi connectivity index (χ3v) is 4.48. The van der Waals surface area contributed by atoms with E-state index < -0.39 is 0 Å². The molecular weight excluding hydrogens is 316 g/mol. The van der Waals surface area contributed by atoms with E-state index in [-0.39, 0.29) is 6.04 Å². The standard InChI is InChI=1S/C16H21ClN4O2/c1-11-18-16(23-19-11)14-10-21(7-6-20(14)2)9-12-4-5-15(22-3)13(17)8-12/h4-5,8,14H,6-7,9-10H2,1-3H3/t14-/m0/s1. The van der Waals surface area contributed by atoms with Gasteiger partial charge in [-0.1, -0.05) is 22.8 Å². The van der Waals surface area contributed by atoms with Gasteiger partial charge in [-0.05, 0) is 31.7 Å². The molecule has 1 aliphatic heterocycles. The summed E-state index contributed by atoms with van der Waals surface area (Å²) < 4.78 is 10.6. The molecular formula is C16H21ClN4O2. The van der Waals surface area contributed by atoms with Crippen LogP contribution in [0.15, 0.2) is 22.7 Å². The Balaban J connectivity index is 1.70. The minimum Gasteiger partial charge on any atom is -0.495 e. The molecule has 1 aliphatic rings. The van der Waals surface area contributed by atoms with E-state index in [4.69, 9.17) is 20.9 Å². The maximum atomic E-state index is 6.21. The lowest BCUT2D eigenvalue weighted by atomic mass is 10.1. The van der Waals surface area contributed by atoms with Crippen LogP contribution >= 0.6 is 11.6 Å². The van der Waals surface area contributed by atoms with Crippen LogP contribution in [0.1, 0.15) is 23.3 Å². The average molecular weight is 337 g/mol. The Kier molecular flexibility index (Phi) is 4.84. The molecule has 124 valence electrons. The van der Waals surface area contributed by atoms with Crippen LogP contribution in [0.3, 0.4) is 0 Å². The molecule has 0 bridgehead atoms. The number of benzene rings is 1. The van der Waals surface area contributed by atoms with Gasteiger partial charge in [0.05, 0.1) is 12.1 Å². The molecule has 23 heavy (non-hydrogen) atoms. The third kappa shape index (κ3) is 3.65. The Morgan fingerprint density at radius 1 is 1.39 bits per heavy atom. The third-order valence-electron chi connectivity index (χ3n) is 4.18. The van der Waals surface area contributed by atoms with Crippen molar-refractivity contribution in [2.45, 2.75) is 19.5 Å². The fourth-order valence-corrected chi connectivity index (χ4v) is 3.14. The van der Waals surface area contributed by atoms with Gasteiger partial charge in [0.15, 0.2) is 5.82 Å². The Morgan fingerprint density at radius 3 is 2.87 bits per heavy atom. The molecule has 1 atom stereocenters. The lowest BCUT2D eigenvalue weighted by Crippen LogP contribution is -2.46. The van der Waals surface area contributed by atoms with Gasteiger partial charge >= 0.3 is 0 Å². The Bertz CT molecular complexity index is 676. The molecule has 1 aromatic carbocycles. The normalized spacial score (nSPS) is 19.9. The van der Waals surface area contributed by atoms with E-state index in [1.54, 1.807) is 7.11 Å². The molecule has 1 fully saturated rings. The Labute approximate surface area is 141 Å². The summed E-state index contributed by atoms with van der Waals surface area (Å²) in [5.41, 5.74) is 1.17. The fraction of sp³-hybridized carbons (Fsp3) is 0.500. The van der Waals surface area contributed by atoms with Crippen molar-refractivity contribution in [2.75, 3.05) is 33.8 Å². The van der Waals surface area contributed by atoms with Crippen LogP contribution in [-0.2, 0) is 6.54 Å². The number of likely N-dealkylation sites (N-methyl/N-ethyl adjacent to an activating group) is 1. The van der Waals surface area contributed by atoms with Gasteiger partial charge in [0.25, 0.3) is 0 Å². The second-order valence-corrected chi connectivity index (χ2v) is 6.29. The van der Waals surface area contributed by atoms with Crippen LogP contribution in [0.5, 0.6) is 5.75 Å². The van der Waals surface area contributed by atoms with E-state index in [1.165, 1.54) is 5.56 Å². The van der Waals surface area contributed by atoms with Gasteiger partial charge in [0.1, 0.15) is 11.8 Å². The highest BCUT2D eigenvalue weighted by Crippen LogP contribution is 2.27. The largest absolute Gasteiger partial charge is 0.495 e. The zero-order valence-electron chi connectivity index (χ0n) is 13.6. The predicted octanol–water partition coefficient (Wildman–Crippen LogP) is 2.53. The van der Waals surface area contributed by atoms with Crippen molar-refractivity contribution in [1.82, 2.24) is 19.9 Å². The monoisotopic (exact) mass is 336 g/mol. The first kappa shape index (κ1) is 16.2. The zero-order chi connectivity index (χ0) is 16.4. The molecule has 0 unspecified atom stereocenters. The SMILES string of the molecule is COc1ccc(CN2CCN(C)[C@H](c3nc(C)no3)C2)cc1Cl. The number of aromatic nitrogens is 2. The van der Waals surface area contributed by atoms with Gasteiger partial charge in [-0.15, -0.1) is 0 Å². The van der Waals surface area contributed by atoms with Gasteiger partial charge in [-0.3, -0.25) is 9.80 Å². The van der Waals surface area contributed by atoms with E-state index in [0.29, 0.717) is 22.5 Å². The smallest absolute Gasteiger partial charge is 0.245 e. The Hall–Kier alpha value is -1.63. The number of aryl methyl sites for hydroxylation is 1. The summed E-state index contributed by atoms with van der Waals surface area (Å²) in [4.78, 5) is 9.01. The van der Waals surface area contributed by atoms with Crippen LogP contribution in [0.4, 0.5) is 0 Å². The summed E-state index contributed by atoms with van der Waals surface area (Å²) in [6, 6.07) is 6.05. The number of halogens is 1. The van der Waals surface area contributed by atoms with Gasteiger partial charge in [-0.25, -0.2) is 0 Å². The minimum atomic E-state index is 0.124. The lowest BCUT2D eigenvalue weighted by Gasteiger charge is -2.37. The molecule has 0 amide bonds. The van der Waals surface area contributed by atoms with Crippen LogP contribution in [0, 0.1) is 6.92 Å². The molecule has 6 nitrogen and oxygen atoms in total. The summed E-state index contributed by atoms with van der Waals surface area (Å²) in [7, 11) is 3.71. The van der Waals surface area contributed by atoms with Crippen LogP contribution in [-0.4, -0.2) is 53.7 Å². The van der Waals surface area contributed by atoms with E-state index in [2.05, 4.69) is 33.1 Å². The molecule has 0 saturated carbocycles. The highest BCUT2D eigenvalue weighted by Gasteiger charge is 2.29. The molecule has 0 radical (unpaired) electrons. The first-order chi connectivity index (χ1) is 11.1. The molecule has 7 heteroatoms. The highest BCUT2D eigenvalue weighted by atomic mass is 35.5. The first-order valence-corrected chi connectivity index (χ1v) is 8.00. The topological polar surface area (TPSA) is 54.6 Å². The fourth-order valence-electron chi connectivity index (χ4n) is 2.86. The molecule has 3 rings (SSSR count). The van der Waals surface area contributed by atoms with Gasteiger partial charge in [0.2, 0.25) is 5.89 Å². The van der Waals surface area contributed by atoms with E-state index >= 15 is 0 Å². The van der Waals surface area contributed by atoms with Crippen molar-refractivity contribution in [2.24, 2.45) is 0 Å². The van der Waals surface area contributed by atoms with Gasteiger partial charge in [0, 0.05) is 26.2 Å². The number of hydrogen-bond acceptors (Lipinski definition) is 6. The maximum absolute atomic E-state index is 6.21. The quantitative estimate of drug-likeness (QED) is 0.855. The summed E-state index contributed by atoms with van der Waals surface area (Å²) >= 11 is 6.21.